The quantitative estimate of drug-likeness (QED) is 0.587. The van der Waals surface area contributed by atoms with Crippen LogP contribution in [0.3, 0.4) is 0 Å². The minimum Gasteiger partial charge on any atom is -0.346 e. The molecule has 1 atom stereocenters. The SMILES string of the molecule is CCOC(C)(OCC)C(OCC)(OCC)C(N)CC. The van der Waals surface area contributed by atoms with Gasteiger partial charge in [0, 0.05) is 26.4 Å². The van der Waals surface area contributed by atoms with Gasteiger partial charge in [-0.3, -0.25) is 0 Å². The predicted molar refractivity (Wildman–Crippen MR) is 75.9 cm³/mol. The molecule has 0 fully saturated rings. The topological polar surface area (TPSA) is 62.9 Å². The van der Waals surface area contributed by atoms with E-state index in [1.165, 1.54) is 0 Å². The van der Waals surface area contributed by atoms with Crippen molar-refractivity contribution in [2.24, 2.45) is 5.73 Å². The minimum absolute atomic E-state index is 0.338. The van der Waals surface area contributed by atoms with Gasteiger partial charge in [-0.05, 0) is 41.0 Å². The van der Waals surface area contributed by atoms with E-state index < -0.39 is 11.6 Å². The van der Waals surface area contributed by atoms with Crippen molar-refractivity contribution in [3.63, 3.8) is 0 Å². The molecule has 0 aromatic carbocycles. The van der Waals surface area contributed by atoms with Gasteiger partial charge < -0.3 is 24.7 Å². The summed E-state index contributed by atoms with van der Waals surface area (Å²) in [5.74, 6) is -2.13. The summed E-state index contributed by atoms with van der Waals surface area (Å²) < 4.78 is 23.4. The van der Waals surface area contributed by atoms with Crippen LogP contribution in [-0.4, -0.2) is 44.0 Å². The van der Waals surface area contributed by atoms with Crippen LogP contribution < -0.4 is 5.73 Å². The molecule has 5 nitrogen and oxygen atoms in total. The molecule has 0 aromatic rings. The van der Waals surface area contributed by atoms with E-state index in [4.69, 9.17) is 24.7 Å². The van der Waals surface area contributed by atoms with Crippen molar-refractivity contribution in [1.29, 1.82) is 0 Å². The second-order valence-electron chi connectivity index (χ2n) is 4.36. The molecule has 0 aliphatic rings. The Hall–Kier alpha value is -0.200. The second kappa shape index (κ2) is 8.87. The maximum Gasteiger partial charge on any atom is 0.239 e. The van der Waals surface area contributed by atoms with Crippen molar-refractivity contribution in [1.82, 2.24) is 0 Å². The van der Waals surface area contributed by atoms with Crippen LogP contribution in [0.15, 0.2) is 0 Å². The maximum absolute atomic E-state index is 6.26. The van der Waals surface area contributed by atoms with E-state index in [1.54, 1.807) is 0 Å². The van der Waals surface area contributed by atoms with Crippen LogP contribution in [0.5, 0.6) is 0 Å². The molecule has 5 heteroatoms. The second-order valence-corrected chi connectivity index (χ2v) is 4.36. The third kappa shape index (κ3) is 4.13. The number of nitrogens with two attached hydrogens (primary N) is 1. The summed E-state index contributed by atoms with van der Waals surface area (Å²) in [5, 5.41) is 0. The molecule has 0 spiro atoms. The molecular formula is C14H31NO4. The number of hydrogen-bond donors (Lipinski definition) is 1. The Morgan fingerprint density at radius 3 is 1.42 bits per heavy atom. The molecule has 0 heterocycles. The molecule has 0 saturated heterocycles. The molecule has 0 rings (SSSR count). The van der Waals surface area contributed by atoms with Crippen molar-refractivity contribution in [3.8, 4) is 0 Å². The van der Waals surface area contributed by atoms with E-state index >= 15 is 0 Å². The fraction of sp³-hybridized carbons (Fsp3) is 1.00. The van der Waals surface area contributed by atoms with Gasteiger partial charge in [0.2, 0.25) is 11.6 Å². The summed E-state index contributed by atoms with van der Waals surface area (Å²) >= 11 is 0. The monoisotopic (exact) mass is 277 g/mol. The Balaban J connectivity index is 5.56. The van der Waals surface area contributed by atoms with Crippen LogP contribution in [0.25, 0.3) is 0 Å². The lowest BCUT2D eigenvalue weighted by atomic mass is 9.96. The van der Waals surface area contributed by atoms with Crippen LogP contribution in [0.2, 0.25) is 0 Å². The molecule has 1 unspecified atom stereocenters. The first-order chi connectivity index (χ1) is 8.97. The van der Waals surface area contributed by atoms with E-state index in [9.17, 15) is 0 Å². The Bertz CT molecular complexity index is 223. The van der Waals surface area contributed by atoms with E-state index in [0.29, 0.717) is 32.8 Å². The fourth-order valence-corrected chi connectivity index (χ4v) is 2.35. The van der Waals surface area contributed by atoms with Gasteiger partial charge in [0.1, 0.15) is 0 Å². The van der Waals surface area contributed by atoms with Crippen LogP contribution >= 0.6 is 0 Å². The smallest absolute Gasteiger partial charge is 0.239 e. The Morgan fingerprint density at radius 2 is 1.16 bits per heavy atom. The van der Waals surface area contributed by atoms with Gasteiger partial charge in [-0.2, -0.15) is 0 Å². The number of hydrogen-bond acceptors (Lipinski definition) is 5. The van der Waals surface area contributed by atoms with E-state index in [2.05, 4.69) is 0 Å². The van der Waals surface area contributed by atoms with Gasteiger partial charge >= 0.3 is 0 Å². The third-order valence-electron chi connectivity index (χ3n) is 3.12. The van der Waals surface area contributed by atoms with Crippen molar-refractivity contribution >= 4 is 0 Å². The van der Waals surface area contributed by atoms with Crippen molar-refractivity contribution in [2.45, 2.75) is 65.6 Å². The highest BCUT2D eigenvalue weighted by atomic mass is 16.8. The van der Waals surface area contributed by atoms with Crippen molar-refractivity contribution in [3.05, 3.63) is 0 Å². The fourth-order valence-electron chi connectivity index (χ4n) is 2.35. The largest absolute Gasteiger partial charge is 0.346 e. The zero-order valence-corrected chi connectivity index (χ0v) is 13.3. The molecule has 19 heavy (non-hydrogen) atoms. The lowest BCUT2D eigenvalue weighted by Gasteiger charge is -2.48. The Morgan fingerprint density at radius 1 is 0.789 bits per heavy atom. The first kappa shape index (κ1) is 18.8. The van der Waals surface area contributed by atoms with Crippen LogP contribution in [0.1, 0.15) is 48.0 Å². The molecule has 0 radical (unpaired) electrons. The summed E-state index contributed by atoms with van der Waals surface area (Å²) in [6.45, 7) is 13.4. The molecule has 0 bridgehead atoms. The van der Waals surface area contributed by atoms with Crippen LogP contribution in [-0.2, 0) is 18.9 Å². The van der Waals surface area contributed by atoms with Crippen molar-refractivity contribution in [2.75, 3.05) is 26.4 Å². The van der Waals surface area contributed by atoms with Crippen LogP contribution in [0.4, 0.5) is 0 Å². The molecular weight excluding hydrogens is 246 g/mol. The number of ether oxygens (including phenoxy) is 4. The predicted octanol–water partition coefficient (Wildman–Crippen LogP) is 2.28. The molecule has 0 aliphatic carbocycles. The number of rotatable bonds is 11. The highest BCUT2D eigenvalue weighted by molar-refractivity contribution is 4.94. The summed E-state index contributed by atoms with van der Waals surface area (Å²) in [6, 6.07) is -0.338. The zero-order valence-electron chi connectivity index (χ0n) is 13.3. The molecule has 0 aromatic heterocycles. The Labute approximate surface area is 117 Å². The lowest BCUT2D eigenvalue weighted by Crippen LogP contribution is -2.67. The highest BCUT2D eigenvalue weighted by Gasteiger charge is 2.56. The van der Waals surface area contributed by atoms with E-state index in [1.807, 2.05) is 41.5 Å². The normalized spacial score (nSPS) is 14.7. The highest BCUT2D eigenvalue weighted by Crippen LogP contribution is 2.36. The van der Waals surface area contributed by atoms with Gasteiger partial charge in [-0.25, -0.2) is 0 Å². The minimum atomic E-state index is -1.10. The van der Waals surface area contributed by atoms with Gasteiger partial charge in [0.25, 0.3) is 0 Å². The van der Waals surface area contributed by atoms with E-state index in [0.717, 1.165) is 0 Å². The van der Waals surface area contributed by atoms with Gasteiger partial charge in [0.15, 0.2) is 0 Å². The molecule has 0 aliphatic heterocycles. The van der Waals surface area contributed by atoms with Gasteiger partial charge in [-0.1, -0.05) is 6.92 Å². The Kier molecular flexibility index (Phi) is 8.78. The van der Waals surface area contributed by atoms with E-state index in [-0.39, 0.29) is 6.04 Å². The summed E-state index contributed by atoms with van der Waals surface area (Å²) in [4.78, 5) is 0. The molecule has 116 valence electrons. The average Bonchev–Trinajstić information content (AvgIpc) is 2.37. The molecule has 0 amide bonds. The third-order valence-corrected chi connectivity index (χ3v) is 3.12. The van der Waals surface area contributed by atoms with Crippen LogP contribution in [0, 0.1) is 0 Å². The van der Waals surface area contributed by atoms with Gasteiger partial charge in [-0.15, -0.1) is 0 Å². The van der Waals surface area contributed by atoms with Gasteiger partial charge in [0.05, 0.1) is 6.04 Å². The van der Waals surface area contributed by atoms with Crippen molar-refractivity contribution < 1.29 is 18.9 Å². The summed E-state index contributed by atoms with van der Waals surface area (Å²) in [7, 11) is 0. The lowest BCUT2D eigenvalue weighted by molar-refractivity contribution is -0.407. The summed E-state index contributed by atoms with van der Waals surface area (Å²) in [5.41, 5.74) is 6.26. The molecule has 0 saturated carbocycles. The average molecular weight is 277 g/mol. The first-order valence-corrected chi connectivity index (χ1v) is 7.29. The standard InChI is InChI=1S/C14H31NO4/c1-7-12(15)14(18-10-4,19-11-5)13(6,16-8-2)17-9-3/h12H,7-11,15H2,1-6H3. The first-order valence-electron chi connectivity index (χ1n) is 7.29. The summed E-state index contributed by atoms with van der Waals surface area (Å²) in [6.07, 6.45) is 0.704. The zero-order chi connectivity index (χ0) is 14.9. The maximum atomic E-state index is 6.26. The molecule has 2 N–H and O–H groups in total.